The maximum absolute atomic E-state index is 12.3. The molecule has 0 N–H and O–H groups in total. The predicted molar refractivity (Wildman–Crippen MR) is 113 cm³/mol. The van der Waals surface area contributed by atoms with Crippen LogP contribution in [0.1, 0.15) is 143 Å². The molecule has 1 nitrogen and oxygen atoms in total. The van der Waals surface area contributed by atoms with E-state index in [1.165, 1.54) is 103 Å². The third-order valence-electron chi connectivity index (χ3n) is 5.51. The second-order valence-corrected chi connectivity index (χ2v) is 8.18. The topological polar surface area (TPSA) is 17.1 Å². The van der Waals surface area contributed by atoms with E-state index in [1.54, 1.807) is 0 Å². The van der Waals surface area contributed by atoms with E-state index in [1.807, 2.05) is 0 Å². The van der Waals surface area contributed by atoms with Crippen LogP contribution in [0.4, 0.5) is 0 Å². The summed E-state index contributed by atoms with van der Waals surface area (Å²) < 4.78 is 0. The molecule has 0 bridgehead atoms. The minimum Gasteiger partial charge on any atom is -0.300 e. The molecule has 0 saturated heterocycles. The van der Waals surface area contributed by atoms with E-state index in [0.29, 0.717) is 11.7 Å². The Morgan fingerprint density at radius 3 is 1.48 bits per heavy atom. The standard InChI is InChI=1S/C24H48O/c1-4-7-10-13-15-17-20-23(19-16-12-9-6-3)22-24(25)21-18-14-11-8-5-2/h23H,4-22H2,1-3H3. The van der Waals surface area contributed by atoms with Crippen molar-refractivity contribution in [2.75, 3.05) is 0 Å². The van der Waals surface area contributed by atoms with E-state index < -0.39 is 0 Å². The van der Waals surface area contributed by atoms with Gasteiger partial charge in [-0.2, -0.15) is 0 Å². The number of carbonyl (C=O) groups excluding carboxylic acids is 1. The minimum atomic E-state index is 0.544. The zero-order valence-electron chi connectivity index (χ0n) is 17.9. The molecule has 1 heteroatoms. The fraction of sp³-hybridized carbons (Fsp3) is 0.958. The van der Waals surface area contributed by atoms with Crippen LogP contribution in [-0.2, 0) is 4.79 Å². The highest BCUT2D eigenvalue weighted by Gasteiger charge is 2.13. The molecule has 0 aliphatic rings. The van der Waals surface area contributed by atoms with Gasteiger partial charge in [0.25, 0.3) is 0 Å². The Morgan fingerprint density at radius 2 is 0.960 bits per heavy atom. The Bertz CT molecular complexity index is 271. The van der Waals surface area contributed by atoms with E-state index in [9.17, 15) is 4.79 Å². The zero-order chi connectivity index (χ0) is 18.6. The summed E-state index contributed by atoms with van der Waals surface area (Å²) in [7, 11) is 0. The first-order valence-electron chi connectivity index (χ1n) is 11.8. The zero-order valence-corrected chi connectivity index (χ0v) is 17.9. The molecule has 0 fully saturated rings. The Morgan fingerprint density at radius 1 is 0.560 bits per heavy atom. The van der Waals surface area contributed by atoms with E-state index in [2.05, 4.69) is 20.8 Å². The number of unbranched alkanes of at least 4 members (excludes halogenated alkanes) is 12. The molecule has 0 saturated carbocycles. The lowest BCUT2D eigenvalue weighted by atomic mass is 9.89. The van der Waals surface area contributed by atoms with Crippen LogP contribution in [-0.4, -0.2) is 5.78 Å². The molecule has 0 radical (unpaired) electrons. The molecule has 0 aliphatic carbocycles. The lowest BCUT2D eigenvalue weighted by Crippen LogP contribution is -2.09. The first kappa shape index (κ1) is 24.7. The molecule has 0 aromatic heterocycles. The number of Topliss-reactive ketones (excluding diaryl/α,β-unsaturated/α-hetero) is 1. The summed E-state index contributed by atoms with van der Waals surface area (Å²) in [6.45, 7) is 6.80. The quantitative estimate of drug-likeness (QED) is 0.200. The number of ketones is 1. The van der Waals surface area contributed by atoms with Gasteiger partial charge in [0.2, 0.25) is 0 Å². The van der Waals surface area contributed by atoms with Crippen LogP contribution >= 0.6 is 0 Å². The average molecular weight is 353 g/mol. The van der Waals surface area contributed by atoms with Gasteiger partial charge >= 0.3 is 0 Å². The molecule has 25 heavy (non-hydrogen) atoms. The number of rotatable bonds is 20. The van der Waals surface area contributed by atoms with Gasteiger partial charge in [-0.15, -0.1) is 0 Å². The van der Waals surface area contributed by atoms with Crippen LogP contribution in [0.25, 0.3) is 0 Å². The Hall–Kier alpha value is -0.330. The SMILES string of the molecule is CCCCCCCCC(CCCCCC)CC(=O)CCCCCCC. The molecule has 0 spiro atoms. The number of hydrogen-bond acceptors (Lipinski definition) is 1. The highest BCUT2D eigenvalue weighted by molar-refractivity contribution is 5.78. The van der Waals surface area contributed by atoms with Crippen LogP contribution in [0.2, 0.25) is 0 Å². The highest BCUT2D eigenvalue weighted by Crippen LogP contribution is 2.23. The largest absolute Gasteiger partial charge is 0.300 e. The van der Waals surface area contributed by atoms with Crippen LogP contribution in [0, 0.1) is 5.92 Å². The monoisotopic (exact) mass is 352 g/mol. The van der Waals surface area contributed by atoms with Crippen molar-refractivity contribution >= 4 is 5.78 Å². The fourth-order valence-electron chi connectivity index (χ4n) is 3.77. The Balaban J connectivity index is 3.95. The maximum Gasteiger partial charge on any atom is 0.133 e. The van der Waals surface area contributed by atoms with Crippen LogP contribution in [0.3, 0.4) is 0 Å². The molecular formula is C24H48O. The molecule has 1 unspecified atom stereocenters. The fourth-order valence-corrected chi connectivity index (χ4v) is 3.77. The van der Waals surface area contributed by atoms with E-state index in [4.69, 9.17) is 0 Å². The van der Waals surface area contributed by atoms with Crippen molar-refractivity contribution < 1.29 is 4.79 Å². The van der Waals surface area contributed by atoms with Gasteiger partial charge in [-0.25, -0.2) is 0 Å². The summed E-state index contributed by atoms with van der Waals surface area (Å²) in [5, 5.41) is 0. The molecule has 150 valence electrons. The second kappa shape index (κ2) is 20.0. The summed E-state index contributed by atoms with van der Waals surface area (Å²) in [5.74, 6) is 1.22. The summed E-state index contributed by atoms with van der Waals surface area (Å²) >= 11 is 0. The Kier molecular flexibility index (Phi) is 19.7. The van der Waals surface area contributed by atoms with Crippen molar-refractivity contribution in [2.45, 2.75) is 143 Å². The molecule has 0 aliphatic heterocycles. The summed E-state index contributed by atoms with van der Waals surface area (Å²) in [6, 6.07) is 0. The molecule has 1 atom stereocenters. The minimum absolute atomic E-state index is 0.544. The number of hydrogen-bond donors (Lipinski definition) is 0. The van der Waals surface area contributed by atoms with Crippen molar-refractivity contribution in [2.24, 2.45) is 5.92 Å². The first-order chi connectivity index (χ1) is 12.2. The predicted octanol–water partition coefficient (Wildman–Crippen LogP) is 8.64. The summed E-state index contributed by atoms with van der Waals surface area (Å²) in [4.78, 5) is 12.3. The lowest BCUT2D eigenvalue weighted by Gasteiger charge is -2.16. The van der Waals surface area contributed by atoms with Gasteiger partial charge in [-0.1, -0.05) is 124 Å². The molecule has 0 aromatic carbocycles. The third kappa shape index (κ3) is 18.3. The summed E-state index contributed by atoms with van der Waals surface area (Å²) in [5.41, 5.74) is 0. The summed E-state index contributed by atoms with van der Waals surface area (Å²) in [6.07, 6.45) is 24.1. The molecular weight excluding hydrogens is 304 g/mol. The molecule has 0 rings (SSSR count). The van der Waals surface area contributed by atoms with E-state index >= 15 is 0 Å². The second-order valence-electron chi connectivity index (χ2n) is 8.18. The third-order valence-corrected chi connectivity index (χ3v) is 5.51. The van der Waals surface area contributed by atoms with Gasteiger partial charge in [0.1, 0.15) is 5.78 Å². The van der Waals surface area contributed by atoms with E-state index in [0.717, 1.165) is 19.3 Å². The van der Waals surface area contributed by atoms with Crippen LogP contribution in [0.15, 0.2) is 0 Å². The van der Waals surface area contributed by atoms with Crippen molar-refractivity contribution in [1.29, 1.82) is 0 Å². The van der Waals surface area contributed by atoms with Gasteiger partial charge in [0.15, 0.2) is 0 Å². The van der Waals surface area contributed by atoms with Crippen molar-refractivity contribution in [3.63, 3.8) is 0 Å². The smallest absolute Gasteiger partial charge is 0.133 e. The molecule has 0 heterocycles. The maximum atomic E-state index is 12.3. The molecule has 0 aromatic rings. The van der Waals surface area contributed by atoms with Crippen molar-refractivity contribution in [3.8, 4) is 0 Å². The van der Waals surface area contributed by atoms with Crippen LogP contribution < -0.4 is 0 Å². The van der Waals surface area contributed by atoms with E-state index in [-0.39, 0.29) is 0 Å². The van der Waals surface area contributed by atoms with Gasteiger partial charge in [0.05, 0.1) is 0 Å². The lowest BCUT2D eigenvalue weighted by molar-refractivity contribution is -0.120. The van der Waals surface area contributed by atoms with Crippen molar-refractivity contribution in [3.05, 3.63) is 0 Å². The normalized spacial score (nSPS) is 12.4. The Labute approximate surface area is 159 Å². The number of carbonyl (C=O) groups is 1. The van der Waals surface area contributed by atoms with Crippen molar-refractivity contribution in [1.82, 2.24) is 0 Å². The van der Waals surface area contributed by atoms with Gasteiger partial charge < -0.3 is 0 Å². The van der Waals surface area contributed by atoms with Crippen LogP contribution in [0.5, 0.6) is 0 Å². The average Bonchev–Trinajstić information content (AvgIpc) is 2.61. The van der Waals surface area contributed by atoms with Gasteiger partial charge in [-0.3, -0.25) is 4.79 Å². The van der Waals surface area contributed by atoms with Gasteiger partial charge in [0, 0.05) is 12.8 Å². The molecule has 0 amide bonds. The van der Waals surface area contributed by atoms with Gasteiger partial charge in [-0.05, 0) is 12.3 Å². The highest BCUT2D eigenvalue weighted by atomic mass is 16.1. The first-order valence-corrected chi connectivity index (χ1v) is 11.8.